The van der Waals surface area contributed by atoms with Gasteiger partial charge in [-0.05, 0) is 25.1 Å². The number of rotatable bonds is 6. The summed E-state index contributed by atoms with van der Waals surface area (Å²) in [6, 6.07) is 7.23. The monoisotopic (exact) mass is 380 g/mol. The Balaban J connectivity index is 1.43. The smallest absolute Gasteiger partial charge is 0.279 e. The molecule has 26 heavy (non-hydrogen) atoms. The molecule has 0 aliphatic carbocycles. The fraction of sp³-hybridized carbons (Fsp3) is 0.444. The predicted octanol–water partition coefficient (Wildman–Crippen LogP) is -0.433. The molecule has 0 spiro atoms. The second kappa shape index (κ2) is 8.53. The zero-order valence-corrected chi connectivity index (χ0v) is 15.9. The second-order valence-electron chi connectivity index (χ2n) is 6.68. The van der Waals surface area contributed by atoms with Gasteiger partial charge in [-0.2, -0.15) is 0 Å². The number of halogens is 1. The number of quaternary nitrogens is 2. The Bertz CT molecular complexity index is 757. The Kier molecular flexibility index (Phi) is 6.13. The SMILES string of the molecule is COc1ccc(NC(=O)C[NH+]2CC[NH+](Cc3cc(C)on3)CC2)cc1Cl. The molecule has 7 nitrogen and oxygen atoms in total. The van der Waals surface area contributed by atoms with Crippen molar-refractivity contribution in [3.8, 4) is 5.75 Å². The maximum Gasteiger partial charge on any atom is 0.279 e. The molecule has 140 valence electrons. The molecule has 1 aromatic heterocycles. The first kappa shape index (κ1) is 18.7. The van der Waals surface area contributed by atoms with Gasteiger partial charge in [0.15, 0.2) is 6.54 Å². The number of carbonyl (C=O) groups excluding carboxylic acids is 1. The quantitative estimate of drug-likeness (QED) is 0.635. The first-order chi connectivity index (χ1) is 12.5. The molecule has 1 saturated heterocycles. The maximum absolute atomic E-state index is 12.3. The topological polar surface area (TPSA) is 73.2 Å². The molecule has 0 radical (unpaired) electrons. The molecule has 0 atom stereocenters. The third-order valence-corrected chi connectivity index (χ3v) is 4.91. The molecular weight excluding hydrogens is 356 g/mol. The van der Waals surface area contributed by atoms with Crippen LogP contribution in [0.4, 0.5) is 5.69 Å². The molecule has 2 heterocycles. The highest BCUT2D eigenvalue weighted by atomic mass is 35.5. The first-order valence-electron chi connectivity index (χ1n) is 8.76. The van der Waals surface area contributed by atoms with E-state index < -0.39 is 0 Å². The second-order valence-corrected chi connectivity index (χ2v) is 7.09. The molecule has 1 aliphatic rings. The number of hydrogen-bond acceptors (Lipinski definition) is 4. The molecule has 2 aromatic rings. The van der Waals surface area contributed by atoms with Gasteiger partial charge in [0.25, 0.3) is 5.91 Å². The number of aryl methyl sites for hydroxylation is 1. The summed E-state index contributed by atoms with van der Waals surface area (Å²) < 4.78 is 10.2. The molecule has 3 N–H and O–H groups in total. The van der Waals surface area contributed by atoms with E-state index in [1.165, 1.54) is 9.80 Å². The molecule has 0 unspecified atom stereocenters. The van der Waals surface area contributed by atoms with Crippen molar-refractivity contribution in [2.45, 2.75) is 13.5 Å². The van der Waals surface area contributed by atoms with Gasteiger partial charge in [-0.3, -0.25) is 4.79 Å². The minimum absolute atomic E-state index is 0.00295. The lowest BCUT2D eigenvalue weighted by Gasteiger charge is -2.28. The van der Waals surface area contributed by atoms with Crippen LogP contribution in [0.2, 0.25) is 5.02 Å². The minimum Gasteiger partial charge on any atom is -0.495 e. The van der Waals surface area contributed by atoms with Crippen LogP contribution < -0.4 is 19.9 Å². The van der Waals surface area contributed by atoms with Gasteiger partial charge in [0.2, 0.25) is 0 Å². The van der Waals surface area contributed by atoms with Crippen molar-refractivity contribution in [2.75, 3.05) is 45.2 Å². The van der Waals surface area contributed by atoms with Crippen molar-refractivity contribution in [1.29, 1.82) is 0 Å². The molecule has 1 aliphatic heterocycles. The lowest BCUT2D eigenvalue weighted by atomic mass is 10.2. The van der Waals surface area contributed by atoms with Gasteiger partial charge in [-0.25, -0.2) is 0 Å². The van der Waals surface area contributed by atoms with Crippen LogP contribution in [0.3, 0.4) is 0 Å². The predicted molar refractivity (Wildman–Crippen MR) is 97.8 cm³/mol. The van der Waals surface area contributed by atoms with Crippen molar-refractivity contribution in [1.82, 2.24) is 5.16 Å². The van der Waals surface area contributed by atoms with E-state index in [0.717, 1.165) is 44.2 Å². The maximum atomic E-state index is 12.3. The number of amides is 1. The number of piperazine rings is 1. The summed E-state index contributed by atoms with van der Waals surface area (Å²) in [5, 5.41) is 7.45. The van der Waals surface area contributed by atoms with Gasteiger partial charge >= 0.3 is 0 Å². The number of methoxy groups -OCH3 is 1. The summed E-state index contributed by atoms with van der Waals surface area (Å²) in [5.41, 5.74) is 1.68. The third-order valence-electron chi connectivity index (χ3n) is 4.62. The van der Waals surface area contributed by atoms with Crippen molar-refractivity contribution in [3.05, 3.63) is 40.7 Å². The molecule has 0 saturated carbocycles. The Labute approximate surface area is 157 Å². The van der Waals surface area contributed by atoms with E-state index in [1.54, 1.807) is 25.3 Å². The van der Waals surface area contributed by atoms with Crippen LogP contribution in [0, 0.1) is 6.92 Å². The Morgan fingerprint density at radius 2 is 2.00 bits per heavy atom. The Hall–Kier alpha value is -2.09. The van der Waals surface area contributed by atoms with Crippen molar-refractivity contribution >= 4 is 23.2 Å². The van der Waals surface area contributed by atoms with E-state index in [1.807, 2.05) is 13.0 Å². The van der Waals surface area contributed by atoms with Crippen LogP contribution in [-0.2, 0) is 11.3 Å². The average molecular weight is 381 g/mol. The number of hydrogen-bond donors (Lipinski definition) is 3. The molecular formula is C18H25ClN4O3+2. The highest BCUT2D eigenvalue weighted by molar-refractivity contribution is 6.32. The van der Waals surface area contributed by atoms with Crippen molar-refractivity contribution in [3.63, 3.8) is 0 Å². The first-order valence-corrected chi connectivity index (χ1v) is 9.14. The zero-order chi connectivity index (χ0) is 18.5. The zero-order valence-electron chi connectivity index (χ0n) is 15.1. The Morgan fingerprint density at radius 3 is 2.62 bits per heavy atom. The van der Waals surface area contributed by atoms with Gasteiger partial charge in [-0.15, -0.1) is 0 Å². The van der Waals surface area contributed by atoms with Crippen molar-refractivity contribution < 1.29 is 23.9 Å². The van der Waals surface area contributed by atoms with E-state index in [2.05, 4.69) is 10.5 Å². The van der Waals surface area contributed by atoms with Gasteiger partial charge < -0.3 is 24.4 Å². The molecule has 8 heteroatoms. The van der Waals surface area contributed by atoms with E-state index >= 15 is 0 Å². The number of aromatic nitrogens is 1. The largest absolute Gasteiger partial charge is 0.495 e. The van der Waals surface area contributed by atoms with E-state index in [0.29, 0.717) is 23.0 Å². The number of anilines is 1. The molecule has 1 aromatic carbocycles. The van der Waals surface area contributed by atoms with Gasteiger partial charge in [0.05, 0.1) is 12.1 Å². The van der Waals surface area contributed by atoms with Crippen LogP contribution in [0.5, 0.6) is 5.75 Å². The highest BCUT2D eigenvalue weighted by Crippen LogP contribution is 2.26. The highest BCUT2D eigenvalue weighted by Gasteiger charge is 2.25. The van der Waals surface area contributed by atoms with Crippen LogP contribution in [-0.4, -0.2) is 50.9 Å². The van der Waals surface area contributed by atoms with Crippen LogP contribution in [0.15, 0.2) is 28.8 Å². The molecule has 1 fully saturated rings. The number of nitrogens with zero attached hydrogens (tertiary/aromatic N) is 1. The van der Waals surface area contributed by atoms with Gasteiger partial charge in [-0.1, -0.05) is 16.8 Å². The average Bonchev–Trinajstić information content (AvgIpc) is 3.01. The fourth-order valence-corrected chi connectivity index (χ4v) is 3.50. The normalized spacial score (nSPS) is 20.0. The standard InChI is InChI=1S/C18H23ClN4O3/c1-13-9-15(21-26-13)11-22-5-7-23(8-6-22)12-18(24)20-14-3-4-17(25-2)16(19)10-14/h3-4,9-10H,5-8,11-12H2,1-2H3,(H,20,24)/p+2. The van der Waals surface area contributed by atoms with E-state index in [4.69, 9.17) is 20.9 Å². The van der Waals surface area contributed by atoms with E-state index in [9.17, 15) is 4.79 Å². The summed E-state index contributed by atoms with van der Waals surface area (Å²) in [6.45, 7) is 7.20. The van der Waals surface area contributed by atoms with Gasteiger partial charge in [0.1, 0.15) is 49.9 Å². The van der Waals surface area contributed by atoms with Crippen LogP contribution in [0.25, 0.3) is 0 Å². The summed E-state index contributed by atoms with van der Waals surface area (Å²) in [6.07, 6.45) is 0. The Morgan fingerprint density at radius 1 is 1.27 bits per heavy atom. The summed E-state index contributed by atoms with van der Waals surface area (Å²) in [7, 11) is 1.56. The lowest BCUT2D eigenvalue weighted by molar-refractivity contribution is -1.02. The summed E-state index contributed by atoms with van der Waals surface area (Å²) in [4.78, 5) is 15.1. The number of ether oxygens (including phenoxy) is 1. The summed E-state index contributed by atoms with van der Waals surface area (Å²) in [5.74, 6) is 1.44. The third kappa shape index (κ3) is 4.97. The number of nitrogens with one attached hydrogen (secondary N) is 3. The molecule has 1 amide bonds. The minimum atomic E-state index is -0.00295. The van der Waals surface area contributed by atoms with E-state index in [-0.39, 0.29) is 5.91 Å². The van der Waals surface area contributed by atoms with Crippen molar-refractivity contribution in [2.24, 2.45) is 0 Å². The fourth-order valence-electron chi connectivity index (χ4n) is 3.24. The van der Waals surface area contributed by atoms with Crippen LogP contribution in [0.1, 0.15) is 11.5 Å². The number of carbonyl (C=O) groups is 1. The van der Waals surface area contributed by atoms with Crippen LogP contribution >= 0.6 is 11.6 Å². The molecule has 0 bridgehead atoms. The van der Waals surface area contributed by atoms with Gasteiger partial charge in [0, 0.05) is 11.8 Å². The molecule has 3 rings (SSSR count). The number of benzene rings is 1. The summed E-state index contributed by atoms with van der Waals surface area (Å²) >= 11 is 6.09. The lowest BCUT2D eigenvalue weighted by Crippen LogP contribution is -3.28.